The van der Waals surface area contributed by atoms with Gasteiger partial charge in [0.2, 0.25) is 0 Å². The van der Waals surface area contributed by atoms with E-state index in [0.717, 1.165) is 5.76 Å². The van der Waals surface area contributed by atoms with Crippen molar-refractivity contribution in [1.29, 1.82) is 0 Å². The molecule has 0 bridgehead atoms. The Bertz CT molecular complexity index is 464. The molecule has 4 heteroatoms. The standard InChI is InChI=1S/C12H12N2O2/c15-12-6-2-1-4-10(12)8-13-14-9-11-5-3-7-16-11/h1-8,14-15H,9H2/b13-8+. The van der Waals surface area contributed by atoms with E-state index in [1.165, 1.54) is 0 Å². The highest BCUT2D eigenvalue weighted by atomic mass is 16.3. The third kappa shape index (κ3) is 2.63. The number of nitrogens with one attached hydrogen (secondary N) is 1. The highest BCUT2D eigenvalue weighted by Crippen LogP contribution is 2.12. The Morgan fingerprint density at radius 1 is 1.25 bits per heavy atom. The third-order valence-corrected chi connectivity index (χ3v) is 2.07. The van der Waals surface area contributed by atoms with Gasteiger partial charge < -0.3 is 14.9 Å². The number of rotatable bonds is 4. The maximum Gasteiger partial charge on any atom is 0.124 e. The topological polar surface area (TPSA) is 57.8 Å². The van der Waals surface area contributed by atoms with Crippen LogP contribution in [-0.4, -0.2) is 11.3 Å². The number of hydrazone groups is 1. The zero-order valence-corrected chi connectivity index (χ0v) is 8.63. The van der Waals surface area contributed by atoms with Crippen LogP contribution < -0.4 is 5.43 Å². The van der Waals surface area contributed by atoms with Gasteiger partial charge in [0.25, 0.3) is 0 Å². The molecule has 1 heterocycles. The summed E-state index contributed by atoms with van der Waals surface area (Å²) in [4.78, 5) is 0. The van der Waals surface area contributed by atoms with Crippen LogP contribution in [0.3, 0.4) is 0 Å². The number of hydrogen-bond acceptors (Lipinski definition) is 4. The van der Waals surface area contributed by atoms with E-state index in [1.54, 1.807) is 30.7 Å². The van der Waals surface area contributed by atoms with Crippen molar-refractivity contribution in [2.45, 2.75) is 6.54 Å². The van der Waals surface area contributed by atoms with Crippen LogP contribution >= 0.6 is 0 Å². The summed E-state index contributed by atoms with van der Waals surface area (Å²) in [5.74, 6) is 1.03. The number of para-hydroxylation sites is 1. The van der Waals surface area contributed by atoms with E-state index in [2.05, 4.69) is 10.5 Å². The summed E-state index contributed by atoms with van der Waals surface area (Å²) in [5.41, 5.74) is 3.50. The van der Waals surface area contributed by atoms with Gasteiger partial charge in [-0.05, 0) is 24.3 Å². The van der Waals surface area contributed by atoms with Gasteiger partial charge in [-0.15, -0.1) is 0 Å². The van der Waals surface area contributed by atoms with E-state index >= 15 is 0 Å². The Morgan fingerprint density at radius 2 is 2.12 bits per heavy atom. The average Bonchev–Trinajstić information content (AvgIpc) is 2.79. The zero-order valence-electron chi connectivity index (χ0n) is 8.63. The largest absolute Gasteiger partial charge is 0.507 e. The van der Waals surface area contributed by atoms with Gasteiger partial charge in [0.1, 0.15) is 11.5 Å². The van der Waals surface area contributed by atoms with E-state index in [1.807, 2.05) is 18.2 Å². The minimum Gasteiger partial charge on any atom is -0.507 e. The smallest absolute Gasteiger partial charge is 0.124 e. The minimum atomic E-state index is 0.214. The maximum atomic E-state index is 9.46. The lowest BCUT2D eigenvalue weighted by atomic mass is 10.2. The second kappa shape index (κ2) is 5.02. The van der Waals surface area contributed by atoms with E-state index in [4.69, 9.17) is 4.42 Å². The summed E-state index contributed by atoms with van der Waals surface area (Å²) in [5, 5.41) is 13.4. The SMILES string of the molecule is Oc1ccccc1/C=N/NCc1ccco1. The Labute approximate surface area is 93.2 Å². The minimum absolute atomic E-state index is 0.214. The number of nitrogens with zero attached hydrogens (tertiary/aromatic N) is 1. The molecule has 0 saturated carbocycles. The van der Waals surface area contributed by atoms with Gasteiger partial charge in [0.05, 0.1) is 19.0 Å². The summed E-state index contributed by atoms with van der Waals surface area (Å²) in [6.07, 6.45) is 3.18. The molecule has 1 aromatic heterocycles. The lowest BCUT2D eigenvalue weighted by Crippen LogP contribution is -2.04. The molecule has 0 amide bonds. The predicted molar refractivity (Wildman–Crippen MR) is 61.2 cm³/mol. The first kappa shape index (κ1) is 10.3. The van der Waals surface area contributed by atoms with Crippen molar-refractivity contribution in [3.8, 4) is 5.75 Å². The van der Waals surface area contributed by atoms with Crippen molar-refractivity contribution in [2.75, 3.05) is 0 Å². The second-order valence-electron chi connectivity index (χ2n) is 3.23. The second-order valence-corrected chi connectivity index (χ2v) is 3.23. The molecule has 1 aromatic carbocycles. The van der Waals surface area contributed by atoms with Gasteiger partial charge in [0, 0.05) is 5.56 Å². The Kier molecular flexibility index (Phi) is 3.23. The average molecular weight is 216 g/mol. The molecule has 0 fully saturated rings. The van der Waals surface area contributed by atoms with Crippen molar-refractivity contribution in [3.63, 3.8) is 0 Å². The van der Waals surface area contributed by atoms with Crippen molar-refractivity contribution in [2.24, 2.45) is 5.10 Å². The molecule has 0 aliphatic rings. The lowest BCUT2D eigenvalue weighted by molar-refractivity contribution is 0.474. The molecule has 0 aliphatic heterocycles. The molecular weight excluding hydrogens is 204 g/mol. The predicted octanol–water partition coefficient (Wildman–Crippen LogP) is 2.11. The summed E-state index contributed by atoms with van der Waals surface area (Å²) < 4.78 is 5.12. The van der Waals surface area contributed by atoms with Crippen LogP contribution in [0, 0.1) is 0 Å². The van der Waals surface area contributed by atoms with Crippen LogP contribution in [0.2, 0.25) is 0 Å². The molecule has 16 heavy (non-hydrogen) atoms. The Morgan fingerprint density at radius 3 is 2.88 bits per heavy atom. The first-order valence-corrected chi connectivity index (χ1v) is 4.92. The molecule has 0 unspecified atom stereocenters. The van der Waals surface area contributed by atoms with Gasteiger partial charge in [-0.25, -0.2) is 0 Å². The van der Waals surface area contributed by atoms with E-state index < -0.39 is 0 Å². The number of benzene rings is 1. The van der Waals surface area contributed by atoms with Gasteiger partial charge >= 0.3 is 0 Å². The molecule has 0 spiro atoms. The first-order chi connectivity index (χ1) is 7.86. The monoisotopic (exact) mass is 216 g/mol. The Hall–Kier alpha value is -2.23. The quantitative estimate of drug-likeness (QED) is 0.608. The summed E-state index contributed by atoms with van der Waals surface area (Å²) in [6, 6.07) is 10.7. The van der Waals surface area contributed by atoms with Crippen LogP contribution in [-0.2, 0) is 6.54 Å². The molecule has 0 atom stereocenters. The summed E-state index contributed by atoms with van der Waals surface area (Å²) in [6.45, 7) is 0.525. The summed E-state index contributed by atoms with van der Waals surface area (Å²) >= 11 is 0. The van der Waals surface area contributed by atoms with Crippen LogP contribution in [0.1, 0.15) is 11.3 Å². The fourth-order valence-corrected chi connectivity index (χ4v) is 1.25. The third-order valence-electron chi connectivity index (χ3n) is 2.07. The van der Waals surface area contributed by atoms with Crippen LogP contribution in [0.15, 0.2) is 52.2 Å². The van der Waals surface area contributed by atoms with E-state index in [-0.39, 0.29) is 5.75 Å². The Balaban J connectivity index is 1.88. The molecule has 2 N–H and O–H groups in total. The van der Waals surface area contributed by atoms with E-state index in [0.29, 0.717) is 12.1 Å². The van der Waals surface area contributed by atoms with Gasteiger partial charge in [0.15, 0.2) is 0 Å². The maximum absolute atomic E-state index is 9.46. The van der Waals surface area contributed by atoms with Crippen molar-refractivity contribution >= 4 is 6.21 Å². The number of phenols is 1. The molecule has 0 saturated heterocycles. The van der Waals surface area contributed by atoms with E-state index in [9.17, 15) is 5.11 Å². The van der Waals surface area contributed by atoms with Crippen LogP contribution in [0.25, 0.3) is 0 Å². The molecule has 2 rings (SSSR count). The molecule has 0 radical (unpaired) electrons. The zero-order chi connectivity index (χ0) is 11.2. The number of aromatic hydroxyl groups is 1. The fraction of sp³-hybridized carbons (Fsp3) is 0.0833. The van der Waals surface area contributed by atoms with Gasteiger partial charge in [-0.3, -0.25) is 0 Å². The first-order valence-electron chi connectivity index (χ1n) is 4.92. The van der Waals surface area contributed by atoms with Crippen LogP contribution in [0.5, 0.6) is 5.75 Å². The lowest BCUT2D eigenvalue weighted by Gasteiger charge is -1.98. The highest BCUT2D eigenvalue weighted by Gasteiger charge is 1.95. The summed E-state index contributed by atoms with van der Waals surface area (Å²) in [7, 11) is 0. The number of hydrogen-bond donors (Lipinski definition) is 2. The molecule has 82 valence electrons. The van der Waals surface area contributed by atoms with Gasteiger partial charge in [-0.2, -0.15) is 5.10 Å². The fourth-order valence-electron chi connectivity index (χ4n) is 1.25. The normalized spacial score (nSPS) is 10.8. The molecule has 0 aliphatic carbocycles. The van der Waals surface area contributed by atoms with Gasteiger partial charge in [-0.1, -0.05) is 12.1 Å². The van der Waals surface area contributed by atoms with Crippen LogP contribution in [0.4, 0.5) is 0 Å². The van der Waals surface area contributed by atoms with Crippen molar-refractivity contribution in [1.82, 2.24) is 5.43 Å². The highest BCUT2D eigenvalue weighted by molar-refractivity contribution is 5.82. The number of furan rings is 1. The molecule has 2 aromatic rings. The molecular formula is C12H12N2O2. The van der Waals surface area contributed by atoms with Crippen molar-refractivity contribution in [3.05, 3.63) is 54.0 Å². The van der Waals surface area contributed by atoms with Crippen molar-refractivity contribution < 1.29 is 9.52 Å². The number of phenolic OH excluding ortho intramolecular Hbond substituents is 1. The molecule has 4 nitrogen and oxygen atoms in total.